The summed E-state index contributed by atoms with van der Waals surface area (Å²) >= 11 is 0. The van der Waals surface area contributed by atoms with Crippen LogP contribution in [-0.2, 0) is 16.0 Å². The molecular formula is C14H18O3. The van der Waals surface area contributed by atoms with Crippen LogP contribution < -0.4 is 4.74 Å². The van der Waals surface area contributed by atoms with Gasteiger partial charge in [0.05, 0.1) is 12.5 Å². The second-order valence-corrected chi connectivity index (χ2v) is 4.51. The smallest absolute Gasteiger partial charge is 0.312 e. The highest BCUT2D eigenvalue weighted by Gasteiger charge is 2.27. The predicted octanol–water partition coefficient (Wildman–Crippen LogP) is 2.42. The van der Waals surface area contributed by atoms with Crippen LogP contribution in [0.1, 0.15) is 23.6 Å². The van der Waals surface area contributed by atoms with E-state index in [2.05, 4.69) is 19.9 Å². The van der Waals surface area contributed by atoms with Gasteiger partial charge in [0.25, 0.3) is 0 Å². The number of rotatable bonds is 2. The minimum atomic E-state index is -0.162. The zero-order chi connectivity index (χ0) is 12.4. The molecule has 0 saturated carbocycles. The Bertz CT molecular complexity index is 437. The van der Waals surface area contributed by atoms with E-state index < -0.39 is 0 Å². The van der Waals surface area contributed by atoms with E-state index in [0.29, 0.717) is 13.2 Å². The van der Waals surface area contributed by atoms with E-state index in [1.165, 1.54) is 11.1 Å². The SMILES string of the molecule is CCOC(=O)C1COc2cc(C)c(C)cc2C1. The fourth-order valence-corrected chi connectivity index (χ4v) is 2.07. The Labute approximate surface area is 102 Å². The molecule has 0 fully saturated rings. The van der Waals surface area contributed by atoms with Crippen LogP contribution in [0.25, 0.3) is 0 Å². The summed E-state index contributed by atoms with van der Waals surface area (Å²) in [5, 5.41) is 0. The van der Waals surface area contributed by atoms with Gasteiger partial charge in [-0.1, -0.05) is 6.07 Å². The Kier molecular flexibility index (Phi) is 3.36. The first-order chi connectivity index (χ1) is 8.11. The van der Waals surface area contributed by atoms with Gasteiger partial charge >= 0.3 is 5.97 Å². The predicted molar refractivity (Wildman–Crippen MR) is 65.2 cm³/mol. The lowest BCUT2D eigenvalue weighted by Crippen LogP contribution is -2.29. The molecule has 1 aliphatic rings. The van der Waals surface area contributed by atoms with E-state index in [-0.39, 0.29) is 11.9 Å². The van der Waals surface area contributed by atoms with Crippen molar-refractivity contribution in [3.05, 3.63) is 28.8 Å². The largest absolute Gasteiger partial charge is 0.492 e. The van der Waals surface area contributed by atoms with Crippen molar-refractivity contribution in [2.75, 3.05) is 13.2 Å². The van der Waals surface area contributed by atoms with Crippen LogP contribution in [-0.4, -0.2) is 19.2 Å². The van der Waals surface area contributed by atoms with Crippen LogP contribution in [0.3, 0.4) is 0 Å². The normalized spacial score (nSPS) is 18.2. The Morgan fingerprint density at radius 2 is 2.12 bits per heavy atom. The third kappa shape index (κ3) is 2.43. The van der Waals surface area contributed by atoms with Crippen LogP contribution >= 0.6 is 0 Å². The molecule has 1 aromatic rings. The molecule has 3 heteroatoms. The molecule has 92 valence electrons. The number of carbonyl (C=O) groups excluding carboxylic acids is 1. The molecule has 0 bridgehead atoms. The average Bonchev–Trinajstić information content (AvgIpc) is 2.30. The number of benzene rings is 1. The zero-order valence-corrected chi connectivity index (χ0v) is 10.6. The lowest BCUT2D eigenvalue weighted by Gasteiger charge is -2.24. The van der Waals surface area contributed by atoms with Gasteiger partial charge in [-0.3, -0.25) is 4.79 Å². The Balaban J connectivity index is 2.18. The summed E-state index contributed by atoms with van der Waals surface area (Å²) in [7, 11) is 0. The zero-order valence-electron chi connectivity index (χ0n) is 10.6. The van der Waals surface area contributed by atoms with E-state index in [1.807, 2.05) is 13.0 Å². The highest BCUT2D eigenvalue weighted by atomic mass is 16.5. The van der Waals surface area contributed by atoms with Gasteiger partial charge in [0, 0.05) is 0 Å². The molecule has 17 heavy (non-hydrogen) atoms. The molecule has 0 aromatic heterocycles. The minimum Gasteiger partial charge on any atom is -0.492 e. The maximum atomic E-state index is 11.7. The number of carbonyl (C=O) groups is 1. The molecule has 1 aliphatic heterocycles. The van der Waals surface area contributed by atoms with E-state index in [9.17, 15) is 4.79 Å². The van der Waals surface area contributed by atoms with Crippen LogP contribution in [0.15, 0.2) is 12.1 Å². The second-order valence-electron chi connectivity index (χ2n) is 4.51. The first kappa shape index (κ1) is 12.0. The Morgan fingerprint density at radius 1 is 1.41 bits per heavy atom. The molecule has 0 radical (unpaired) electrons. The second kappa shape index (κ2) is 4.78. The van der Waals surface area contributed by atoms with Gasteiger partial charge < -0.3 is 9.47 Å². The summed E-state index contributed by atoms with van der Waals surface area (Å²) in [5.74, 6) is 0.592. The highest BCUT2D eigenvalue weighted by molar-refractivity contribution is 5.73. The standard InChI is InChI=1S/C14H18O3/c1-4-16-14(15)12-7-11-5-9(2)10(3)6-13(11)17-8-12/h5-6,12H,4,7-8H2,1-3H3. The molecule has 0 N–H and O–H groups in total. The monoisotopic (exact) mass is 234 g/mol. The van der Waals surface area contributed by atoms with Crippen molar-refractivity contribution < 1.29 is 14.3 Å². The molecule has 1 atom stereocenters. The van der Waals surface area contributed by atoms with E-state index in [0.717, 1.165) is 17.7 Å². The topological polar surface area (TPSA) is 35.5 Å². The maximum absolute atomic E-state index is 11.7. The van der Waals surface area contributed by atoms with Crippen molar-refractivity contribution in [2.45, 2.75) is 27.2 Å². The van der Waals surface area contributed by atoms with Gasteiger partial charge in [0.15, 0.2) is 0 Å². The van der Waals surface area contributed by atoms with E-state index in [4.69, 9.17) is 9.47 Å². The number of fused-ring (bicyclic) bond motifs is 1. The number of ether oxygens (including phenoxy) is 2. The molecule has 1 unspecified atom stereocenters. The Morgan fingerprint density at radius 3 is 2.82 bits per heavy atom. The molecule has 1 aromatic carbocycles. The lowest BCUT2D eigenvalue weighted by atomic mass is 9.94. The first-order valence-electron chi connectivity index (χ1n) is 6.01. The summed E-state index contributed by atoms with van der Waals surface area (Å²) in [6.07, 6.45) is 0.718. The van der Waals surface area contributed by atoms with Crippen molar-refractivity contribution in [2.24, 2.45) is 5.92 Å². The van der Waals surface area contributed by atoms with Gasteiger partial charge in [0.1, 0.15) is 12.4 Å². The molecule has 0 amide bonds. The molecule has 1 heterocycles. The van der Waals surface area contributed by atoms with Crippen LogP contribution in [0, 0.1) is 19.8 Å². The fraction of sp³-hybridized carbons (Fsp3) is 0.500. The fourth-order valence-electron chi connectivity index (χ4n) is 2.07. The van der Waals surface area contributed by atoms with Crippen LogP contribution in [0.2, 0.25) is 0 Å². The average molecular weight is 234 g/mol. The number of hydrogen-bond donors (Lipinski definition) is 0. The first-order valence-corrected chi connectivity index (χ1v) is 6.01. The summed E-state index contributed by atoms with van der Waals surface area (Å²) in [4.78, 5) is 11.7. The van der Waals surface area contributed by atoms with Crippen molar-refractivity contribution in [1.82, 2.24) is 0 Å². The van der Waals surface area contributed by atoms with Gasteiger partial charge in [-0.25, -0.2) is 0 Å². The quantitative estimate of drug-likeness (QED) is 0.737. The molecule has 0 spiro atoms. The summed E-state index contributed by atoms with van der Waals surface area (Å²) < 4.78 is 10.7. The highest BCUT2D eigenvalue weighted by Crippen LogP contribution is 2.30. The summed E-state index contributed by atoms with van der Waals surface area (Å²) in [5.41, 5.74) is 3.56. The van der Waals surface area contributed by atoms with Crippen LogP contribution in [0.5, 0.6) is 5.75 Å². The summed E-state index contributed by atoms with van der Waals surface area (Å²) in [6, 6.07) is 4.15. The Hall–Kier alpha value is -1.51. The summed E-state index contributed by atoms with van der Waals surface area (Å²) in [6.45, 7) is 6.81. The van der Waals surface area contributed by atoms with Gasteiger partial charge in [-0.2, -0.15) is 0 Å². The van der Waals surface area contributed by atoms with Gasteiger partial charge in [0.2, 0.25) is 0 Å². The molecular weight excluding hydrogens is 216 g/mol. The van der Waals surface area contributed by atoms with Gasteiger partial charge in [-0.05, 0) is 49.9 Å². The van der Waals surface area contributed by atoms with Crippen LogP contribution in [0.4, 0.5) is 0 Å². The third-order valence-corrected chi connectivity index (χ3v) is 3.20. The van der Waals surface area contributed by atoms with Crippen molar-refractivity contribution in [3.63, 3.8) is 0 Å². The van der Waals surface area contributed by atoms with E-state index >= 15 is 0 Å². The van der Waals surface area contributed by atoms with E-state index in [1.54, 1.807) is 0 Å². The molecule has 2 rings (SSSR count). The third-order valence-electron chi connectivity index (χ3n) is 3.20. The van der Waals surface area contributed by atoms with Gasteiger partial charge in [-0.15, -0.1) is 0 Å². The van der Waals surface area contributed by atoms with Crippen molar-refractivity contribution >= 4 is 5.97 Å². The molecule has 0 saturated heterocycles. The number of aryl methyl sites for hydroxylation is 2. The maximum Gasteiger partial charge on any atom is 0.312 e. The molecule has 3 nitrogen and oxygen atoms in total. The molecule has 0 aliphatic carbocycles. The number of hydrogen-bond acceptors (Lipinski definition) is 3. The number of esters is 1. The van der Waals surface area contributed by atoms with Crippen molar-refractivity contribution in [3.8, 4) is 5.75 Å². The van der Waals surface area contributed by atoms with Crippen molar-refractivity contribution in [1.29, 1.82) is 0 Å². The lowest BCUT2D eigenvalue weighted by molar-refractivity contribution is -0.149. The minimum absolute atomic E-state index is 0.156.